The normalized spacial score (nSPS) is 21.5. The molecule has 0 spiro atoms. The molecule has 0 saturated heterocycles. The molecule has 0 fully saturated rings. The first-order valence-corrected chi connectivity index (χ1v) is 11.9. The molecule has 210 valence electrons. The van der Waals surface area contributed by atoms with E-state index in [1.807, 2.05) is 21.7 Å². The van der Waals surface area contributed by atoms with Crippen LogP contribution in [0.4, 0.5) is 4.79 Å². The van der Waals surface area contributed by atoms with Gasteiger partial charge < -0.3 is 51.2 Å². The van der Waals surface area contributed by atoms with Crippen molar-refractivity contribution < 1.29 is 43.9 Å². The number of nitrogens with two attached hydrogens (primary N) is 1. The van der Waals surface area contributed by atoms with E-state index in [9.17, 15) is 29.7 Å². The molecule has 1 aliphatic heterocycles. The van der Waals surface area contributed by atoms with E-state index >= 15 is 0 Å². The number of carbonyl (C=O) groups is 3. The van der Waals surface area contributed by atoms with Crippen molar-refractivity contribution in [2.45, 2.75) is 89.0 Å². The second-order valence-corrected chi connectivity index (χ2v) is 10.1. The summed E-state index contributed by atoms with van der Waals surface area (Å²) in [5, 5.41) is 45.5. The molecule has 0 aromatic heterocycles. The number of alkyl carbamates (subject to hydrolysis) is 1. The zero-order valence-corrected chi connectivity index (χ0v) is 22.2. The number of guanidine groups is 1. The van der Waals surface area contributed by atoms with Gasteiger partial charge in [-0.15, -0.1) is 0 Å². The van der Waals surface area contributed by atoms with Crippen molar-refractivity contribution in [3.63, 3.8) is 0 Å². The number of aliphatic carboxylic acids is 1. The van der Waals surface area contributed by atoms with Crippen molar-refractivity contribution in [2.75, 3.05) is 13.2 Å². The third kappa shape index (κ3) is 10.9. The highest BCUT2D eigenvalue weighted by Crippen LogP contribution is 2.23. The highest BCUT2D eigenvalue weighted by atomic mass is 16.6. The lowest BCUT2D eigenvalue weighted by Crippen LogP contribution is -2.64. The van der Waals surface area contributed by atoms with E-state index in [4.69, 9.17) is 25.4 Å². The summed E-state index contributed by atoms with van der Waals surface area (Å²) in [5.41, 5.74) is 3.99. The van der Waals surface area contributed by atoms with E-state index in [1.54, 1.807) is 13.8 Å². The lowest BCUT2D eigenvalue weighted by molar-refractivity contribution is -0.144. The Balaban J connectivity index is 2.87. The Hall–Kier alpha value is -3.04. The molecule has 0 radical (unpaired) electrons. The number of carboxylic acid groups (broad SMARTS) is 1. The van der Waals surface area contributed by atoms with Crippen LogP contribution in [0.25, 0.3) is 0 Å². The Morgan fingerprint density at radius 1 is 1.22 bits per heavy atom. The molecule has 14 nitrogen and oxygen atoms in total. The molecule has 0 aliphatic carbocycles. The minimum atomic E-state index is -1.78. The van der Waals surface area contributed by atoms with E-state index < -0.39 is 77.8 Å². The van der Waals surface area contributed by atoms with E-state index in [-0.39, 0.29) is 6.61 Å². The van der Waals surface area contributed by atoms with Gasteiger partial charge in [0.05, 0.1) is 24.3 Å². The van der Waals surface area contributed by atoms with Gasteiger partial charge in [0.25, 0.3) is 0 Å². The molecule has 1 rings (SSSR count). The first kappa shape index (κ1) is 32.0. The first-order valence-electron chi connectivity index (χ1n) is 11.9. The summed E-state index contributed by atoms with van der Waals surface area (Å²) in [6.45, 7) is 8.03. The summed E-state index contributed by atoms with van der Waals surface area (Å²) in [7, 11) is 2.04. The van der Waals surface area contributed by atoms with Crippen molar-refractivity contribution in [3.05, 3.63) is 11.8 Å². The van der Waals surface area contributed by atoms with Crippen LogP contribution in [0, 0.1) is 5.41 Å². The van der Waals surface area contributed by atoms with Crippen molar-refractivity contribution in [1.29, 1.82) is 5.41 Å². The maximum Gasteiger partial charge on any atom is 0.407 e. The van der Waals surface area contributed by atoms with Crippen LogP contribution in [0.5, 0.6) is 0 Å². The van der Waals surface area contributed by atoms with Crippen LogP contribution in [0.2, 0.25) is 6.32 Å². The third-order valence-corrected chi connectivity index (χ3v) is 5.46. The Kier molecular flexibility index (Phi) is 11.7. The number of carboxylic acids is 1. The van der Waals surface area contributed by atoms with Gasteiger partial charge in [0, 0.05) is 13.5 Å². The zero-order valence-electron chi connectivity index (χ0n) is 22.2. The van der Waals surface area contributed by atoms with Crippen LogP contribution < -0.4 is 21.7 Å². The van der Waals surface area contributed by atoms with E-state index in [2.05, 4.69) is 16.0 Å². The molecule has 0 saturated carbocycles. The highest BCUT2D eigenvalue weighted by molar-refractivity contribution is 6.08. The number of carbonyl (C=O) groups excluding carboxylic acids is 2. The van der Waals surface area contributed by atoms with E-state index in [0.717, 1.165) is 18.8 Å². The summed E-state index contributed by atoms with van der Waals surface area (Å²) in [6.07, 6.45) is -2.94. The monoisotopic (exact) mass is 529 g/mol. The number of nitrogens with one attached hydrogen (secondary N) is 4. The number of hydrogen-bond donors (Lipinski definition) is 8. The van der Waals surface area contributed by atoms with Gasteiger partial charge >= 0.3 is 12.1 Å². The average molecular weight is 529 g/mol. The van der Waals surface area contributed by atoms with E-state index in [1.165, 1.54) is 6.92 Å². The quantitative estimate of drug-likeness (QED) is 0.0752. The lowest BCUT2D eigenvalue weighted by Gasteiger charge is -2.40. The number of amides is 2. The molecular weight excluding hydrogens is 489 g/mol. The van der Waals surface area contributed by atoms with Gasteiger partial charge in [0.2, 0.25) is 11.7 Å². The highest BCUT2D eigenvalue weighted by Gasteiger charge is 2.44. The van der Waals surface area contributed by atoms with Gasteiger partial charge in [-0.1, -0.05) is 6.32 Å². The molecular formula is C22H40BN5O9. The number of rotatable bonds is 13. The van der Waals surface area contributed by atoms with Crippen molar-refractivity contribution >= 4 is 31.8 Å². The minimum Gasteiger partial charge on any atom is -0.478 e. The molecule has 1 heterocycles. The topological polar surface area (TPSA) is 226 Å². The third-order valence-electron chi connectivity index (χ3n) is 5.46. The second-order valence-electron chi connectivity index (χ2n) is 10.1. The summed E-state index contributed by atoms with van der Waals surface area (Å²) in [4.78, 5) is 35.6. The molecule has 15 heteroatoms. The average Bonchev–Trinajstić information content (AvgIpc) is 2.75. The van der Waals surface area contributed by atoms with Crippen molar-refractivity contribution in [1.82, 2.24) is 16.0 Å². The summed E-state index contributed by atoms with van der Waals surface area (Å²) >= 11 is 0. The Labute approximate surface area is 217 Å². The molecule has 5 atom stereocenters. The fourth-order valence-corrected chi connectivity index (χ4v) is 3.74. The predicted octanol–water partition coefficient (Wildman–Crippen LogP) is -1.83. The van der Waals surface area contributed by atoms with Crippen LogP contribution in [0.3, 0.4) is 0 Å². The van der Waals surface area contributed by atoms with E-state index in [0.29, 0.717) is 0 Å². The number of aliphatic hydroxyl groups excluding tert-OH is 2. The van der Waals surface area contributed by atoms with Crippen molar-refractivity contribution in [3.8, 4) is 0 Å². The van der Waals surface area contributed by atoms with Crippen molar-refractivity contribution in [2.24, 2.45) is 5.73 Å². The summed E-state index contributed by atoms with van der Waals surface area (Å²) in [5.74, 6) is -3.13. The number of hydrogen-bond acceptors (Lipinski definition) is 9. The SMILES string of the molecule is BCCC(C)(C)OCC(C)(C)OC(=O)NC[C@@H](O)[C@@H](O)[C@@H]1OC(C(=O)O)=C[C@H](NC(=N)N)[C@H]1NC(C)=O. The lowest BCUT2D eigenvalue weighted by atomic mass is 9.92. The molecule has 2 amide bonds. The standard InChI is InChI=1S/C22H40BN5O9/c1-11(29)27-15-12(28-19(24)25)8-14(18(32)33)36-17(15)16(31)13(30)9-26-20(34)37-22(4,5)10-35-21(2,3)6-7-23/h8,12-13,15-17,30-31H,6-7,9-10,23H2,1-5H3,(H,26,34)(H,27,29)(H,32,33)(H4,24,25,28)/t12-,13+,15+,16+,17+/m0/s1. The number of aliphatic hydroxyl groups is 2. The first-order chi connectivity index (χ1) is 17.0. The summed E-state index contributed by atoms with van der Waals surface area (Å²) in [6, 6.07) is -2.17. The molecule has 0 aromatic carbocycles. The molecule has 9 N–H and O–H groups in total. The molecule has 37 heavy (non-hydrogen) atoms. The van der Waals surface area contributed by atoms with Gasteiger partial charge in [-0.2, -0.15) is 0 Å². The summed E-state index contributed by atoms with van der Waals surface area (Å²) < 4.78 is 16.6. The largest absolute Gasteiger partial charge is 0.478 e. The maximum atomic E-state index is 12.3. The molecule has 0 aromatic rings. The van der Waals surface area contributed by atoms with Crippen LogP contribution in [0.1, 0.15) is 41.0 Å². The van der Waals surface area contributed by atoms with Gasteiger partial charge in [0.15, 0.2) is 5.96 Å². The molecule has 0 unspecified atom stereocenters. The number of ether oxygens (including phenoxy) is 3. The fourth-order valence-electron chi connectivity index (χ4n) is 3.74. The van der Waals surface area contributed by atoms with Gasteiger partial charge in [-0.3, -0.25) is 10.2 Å². The predicted molar refractivity (Wildman–Crippen MR) is 136 cm³/mol. The minimum absolute atomic E-state index is 0.127. The Bertz CT molecular complexity index is 867. The molecule has 1 aliphatic rings. The smallest absolute Gasteiger partial charge is 0.407 e. The second kappa shape index (κ2) is 13.5. The van der Waals surface area contributed by atoms with Gasteiger partial charge in [-0.25, -0.2) is 9.59 Å². The maximum absolute atomic E-state index is 12.3. The van der Waals surface area contributed by atoms with Gasteiger partial charge in [0.1, 0.15) is 31.8 Å². The molecule has 0 bridgehead atoms. The van der Waals surface area contributed by atoms with Crippen LogP contribution in [-0.4, -0.2) is 102 Å². The van der Waals surface area contributed by atoms with Crippen LogP contribution in [-0.2, 0) is 23.8 Å². The van der Waals surface area contributed by atoms with Gasteiger partial charge in [-0.05, 0) is 40.2 Å². The zero-order chi connectivity index (χ0) is 28.6. The Morgan fingerprint density at radius 2 is 1.84 bits per heavy atom. The fraction of sp³-hybridized carbons (Fsp3) is 0.727. The van der Waals surface area contributed by atoms with Crippen LogP contribution >= 0.6 is 0 Å². The Morgan fingerprint density at radius 3 is 2.35 bits per heavy atom. The van der Waals surface area contributed by atoms with Crippen LogP contribution in [0.15, 0.2) is 11.8 Å².